The van der Waals surface area contributed by atoms with Crippen LogP contribution >= 0.6 is 0 Å². The van der Waals surface area contributed by atoms with E-state index in [1.54, 1.807) is 50.7 Å². The van der Waals surface area contributed by atoms with Crippen molar-refractivity contribution in [2.24, 2.45) is 0 Å². The summed E-state index contributed by atoms with van der Waals surface area (Å²) in [5.41, 5.74) is 6.50. The van der Waals surface area contributed by atoms with Crippen molar-refractivity contribution in [3.05, 3.63) is 125 Å². The number of benzene rings is 4. The van der Waals surface area contributed by atoms with Gasteiger partial charge in [0, 0.05) is 36.9 Å². The molecule has 1 unspecified atom stereocenters. The number of rotatable bonds is 9. The molecule has 8 nitrogen and oxygen atoms in total. The maximum absolute atomic E-state index is 13.3. The molecule has 0 aliphatic carbocycles. The van der Waals surface area contributed by atoms with Gasteiger partial charge in [0.25, 0.3) is 11.8 Å². The second-order valence-electron chi connectivity index (χ2n) is 11.4. The van der Waals surface area contributed by atoms with Crippen molar-refractivity contribution in [2.75, 3.05) is 37.9 Å². The number of carbonyl (C=O) groups is 2. The number of ether oxygens (including phenoxy) is 2. The number of aromatic nitrogens is 1. The maximum Gasteiger partial charge on any atom is 0.257 e. The molecular formula is C37H36N4O4. The quantitative estimate of drug-likeness (QED) is 0.191. The van der Waals surface area contributed by atoms with Crippen molar-refractivity contribution in [3.63, 3.8) is 0 Å². The van der Waals surface area contributed by atoms with Crippen molar-refractivity contribution < 1.29 is 19.1 Å². The minimum Gasteiger partial charge on any atom is -0.493 e. The van der Waals surface area contributed by atoms with Gasteiger partial charge in [-0.3, -0.25) is 19.5 Å². The third kappa shape index (κ3) is 6.66. The minimum absolute atomic E-state index is 0.303. The monoisotopic (exact) mass is 600 g/mol. The first kappa shape index (κ1) is 29.8. The lowest BCUT2D eigenvalue weighted by Crippen LogP contribution is -2.33. The first-order valence-corrected chi connectivity index (χ1v) is 15.0. The number of amides is 2. The van der Waals surface area contributed by atoms with E-state index in [-0.39, 0.29) is 11.8 Å². The van der Waals surface area contributed by atoms with Gasteiger partial charge in [-0.25, -0.2) is 0 Å². The number of hydrogen-bond acceptors (Lipinski definition) is 6. The fraction of sp³-hybridized carbons (Fsp3) is 0.216. The third-order valence-electron chi connectivity index (χ3n) is 8.34. The molecule has 0 saturated heterocycles. The molecule has 0 radical (unpaired) electrons. The van der Waals surface area contributed by atoms with E-state index in [2.05, 4.69) is 51.7 Å². The molecule has 6 rings (SSSR count). The summed E-state index contributed by atoms with van der Waals surface area (Å²) in [4.78, 5) is 33.2. The Morgan fingerprint density at radius 3 is 2.33 bits per heavy atom. The topological polar surface area (TPSA) is 92.8 Å². The number of nitrogens with zero attached hydrogens (tertiary/aromatic N) is 2. The van der Waals surface area contributed by atoms with Crippen LogP contribution < -0.4 is 20.1 Å². The van der Waals surface area contributed by atoms with Crippen LogP contribution in [0.15, 0.2) is 97.2 Å². The average molecular weight is 601 g/mol. The third-order valence-corrected chi connectivity index (χ3v) is 8.34. The van der Waals surface area contributed by atoms with E-state index in [1.807, 2.05) is 36.4 Å². The highest BCUT2D eigenvalue weighted by Gasteiger charge is 2.22. The normalized spacial score (nSPS) is 13.5. The molecule has 1 aliphatic heterocycles. The molecule has 2 N–H and O–H groups in total. The van der Waals surface area contributed by atoms with E-state index in [1.165, 1.54) is 16.7 Å². The lowest BCUT2D eigenvalue weighted by Gasteiger charge is -2.31. The fourth-order valence-electron chi connectivity index (χ4n) is 5.86. The molecule has 0 saturated carbocycles. The fourth-order valence-corrected chi connectivity index (χ4v) is 5.86. The summed E-state index contributed by atoms with van der Waals surface area (Å²) in [5.74, 6) is 1.20. The van der Waals surface area contributed by atoms with Gasteiger partial charge in [0.15, 0.2) is 11.5 Å². The largest absolute Gasteiger partial charge is 0.493 e. The first-order chi connectivity index (χ1) is 21.9. The molecule has 8 heteroatoms. The number of pyridine rings is 1. The van der Waals surface area contributed by atoms with Gasteiger partial charge in [-0.15, -0.1) is 0 Å². The highest BCUT2D eigenvalue weighted by molar-refractivity contribution is 6.13. The zero-order valence-corrected chi connectivity index (χ0v) is 25.7. The molecule has 1 atom stereocenters. The maximum atomic E-state index is 13.3. The molecule has 1 aromatic heterocycles. The predicted octanol–water partition coefficient (Wildman–Crippen LogP) is 6.92. The van der Waals surface area contributed by atoms with E-state index in [4.69, 9.17) is 9.47 Å². The summed E-state index contributed by atoms with van der Waals surface area (Å²) >= 11 is 0. The Labute approximate surface area is 263 Å². The summed E-state index contributed by atoms with van der Waals surface area (Å²) in [7, 11) is 3.34. The van der Waals surface area contributed by atoms with Crippen molar-refractivity contribution in [3.8, 4) is 11.5 Å². The van der Waals surface area contributed by atoms with Gasteiger partial charge in [0.05, 0.1) is 36.6 Å². The standard InChI is InChI=1S/C37H36N4O4/c1-24(22-41-17-16-26-19-34(44-2)35(45-3)20-29(26)23-41)25-12-14-30(15-13-25)39-37(43)31-9-5-7-11-33(31)40-36(42)28-18-27-8-4-6-10-32(27)38-21-28/h4-15,18-21,24H,16-17,22-23H2,1-3H3,(H,39,43)(H,40,42). The Morgan fingerprint density at radius 1 is 0.844 bits per heavy atom. The smallest absolute Gasteiger partial charge is 0.257 e. The van der Waals surface area contributed by atoms with E-state index in [9.17, 15) is 9.59 Å². The molecule has 228 valence electrons. The summed E-state index contributed by atoms with van der Waals surface area (Å²) in [6.45, 7) is 4.98. The molecule has 2 heterocycles. The van der Waals surface area contributed by atoms with Crippen LogP contribution in [0.3, 0.4) is 0 Å². The van der Waals surface area contributed by atoms with E-state index in [0.29, 0.717) is 28.4 Å². The number of carbonyl (C=O) groups excluding carboxylic acids is 2. The van der Waals surface area contributed by atoms with Gasteiger partial charge in [-0.05, 0) is 77.6 Å². The van der Waals surface area contributed by atoms with Crippen LogP contribution in [-0.2, 0) is 13.0 Å². The number of methoxy groups -OCH3 is 2. The Balaban J connectivity index is 1.08. The lowest BCUT2D eigenvalue weighted by atomic mass is 9.95. The summed E-state index contributed by atoms with van der Waals surface area (Å²) < 4.78 is 11.0. The lowest BCUT2D eigenvalue weighted by molar-refractivity contribution is 0.102. The Kier molecular flexibility index (Phi) is 8.75. The van der Waals surface area contributed by atoms with Gasteiger partial charge in [0.2, 0.25) is 0 Å². The average Bonchev–Trinajstić information content (AvgIpc) is 3.07. The molecule has 0 spiro atoms. The Hall–Kier alpha value is -5.21. The van der Waals surface area contributed by atoms with Gasteiger partial charge in [0.1, 0.15) is 0 Å². The van der Waals surface area contributed by atoms with Crippen molar-refractivity contribution in [1.29, 1.82) is 0 Å². The van der Waals surface area contributed by atoms with Crippen LogP contribution in [0.2, 0.25) is 0 Å². The SMILES string of the molecule is COc1cc2c(cc1OC)CN(CC(C)c1ccc(NC(=O)c3ccccc3NC(=O)c3cnc4ccccc4c3)cc1)CC2. The number of para-hydroxylation sites is 2. The number of anilines is 2. The highest BCUT2D eigenvalue weighted by atomic mass is 16.5. The zero-order valence-electron chi connectivity index (χ0n) is 25.7. The van der Waals surface area contributed by atoms with Crippen LogP contribution in [0.25, 0.3) is 10.9 Å². The minimum atomic E-state index is -0.331. The van der Waals surface area contributed by atoms with Crippen LogP contribution in [0.5, 0.6) is 11.5 Å². The number of hydrogen-bond donors (Lipinski definition) is 2. The van der Waals surface area contributed by atoms with Crippen LogP contribution in [-0.4, -0.2) is 49.0 Å². The van der Waals surface area contributed by atoms with E-state index < -0.39 is 0 Å². The molecule has 1 aliphatic rings. The highest BCUT2D eigenvalue weighted by Crippen LogP contribution is 2.34. The number of fused-ring (bicyclic) bond motifs is 2. The molecule has 0 bridgehead atoms. The van der Waals surface area contributed by atoms with Gasteiger partial charge >= 0.3 is 0 Å². The van der Waals surface area contributed by atoms with E-state index >= 15 is 0 Å². The number of nitrogens with one attached hydrogen (secondary N) is 2. The molecular weight excluding hydrogens is 564 g/mol. The second-order valence-corrected chi connectivity index (χ2v) is 11.4. The molecule has 4 aromatic carbocycles. The van der Waals surface area contributed by atoms with Crippen molar-refractivity contribution in [2.45, 2.75) is 25.8 Å². The molecule has 0 fully saturated rings. The second kappa shape index (κ2) is 13.2. The van der Waals surface area contributed by atoms with Gasteiger partial charge in [-0.2, -0.15) is 0 Å². The van der Waals surface area contributed by atoms with Crippen molar-refractivity contribution >= 4 is 34.1 Å². The van der Waals surface area contributed by atoms with Crippen LogP contribution in [0.4, 0.5) is 11.4 Å². The first-order valence-electron chi connectivity index (χ1n) is 15.0. The van der Waals surface area contributed by atoms with Gasteiger partial charge < -0.3 is 20.1 Å². The Morgan fingerprint density at radius 2 is 1.56 bits per heavy atom. The van der Waals surface area contributed by atoms with Crippen LogP contribution in [0, 0.1) is 0 Å². The summed E-state index contributed by atoms with van der Waals surface area (Å²) in [6, 6.07) is 28.6. The van der Waals surface area contributed by atoms with Crippen LogP contribution in [0.1, 0.15) is 50.2 Å². The predicted molar refractivity (Wildman–Crippen MR) is 177 cm³/mol. The molecule has 2 amide bonds. The summed E-state index contributed by atoms with van der Waals surface area (Å²) in [5, 5.41) is 6.73. The molecule has 5 aromatic rings. The molecule has 45 heavy (non-hydrogen) atoms. The zero-order chi connectivity index (χ0) is 31.3. The van der Waals surface area contributed by atoms with Gasteiger partial charge in [-0.1, -0.05) is 49.4 Å². The van der Waals surface area contributed by atoms with E-state index in [0.717, 1.165) is 48.5 Å². The summed E-state index contributed by atoms with van der Waals surface area (Å²) in [6.07, 6.45) is 2.51. The Bertz CT molecular complexity index is 1850. The van der Waals surface area contributed by atoms with Crippen molar-refractivity contribution in [1.82, 2.24) is 9.88 Å².